The second-order valence-electron chi connectivity index (χ2n) is 3.09. The van der Waals surface area contributed by atoms with Crippen LogP contribution in [0, 0.1) is 0 Å². The first-order valence-corrected chi connectivity index (χ1v) is 5.22. The Morgan fingerprint density at radius 3 is 2.50 bits per heavy atom. The lowest BCUT2D eigenvalue weighted by Gasteiger charge is -2.12. The topological polar surface area (TPSA) is 46.5 Å². The molecule has 14 heavy (non-hydrogen) atoms. The monoisotopic (exact) mass is 200 g/mol. The molecule has 0 heterocycles. The van der Waals surface area contributed by atoms with E-state index in [0.29, 0.717) is 18.6 Å². The summed E-state index contributed by atoms with van der Waals surface area (Å²) < 4.78 is 4.86. The first-order valence-electron chi connectivity index (χ1n) is 5.22. The third-order valence-electron chi connectivity index (χ3n) is 1.86. The fourth-order valence-electron chi connectivity index (χ4n) is 1.22. The van der Waals surface area contributed by atoms with Crippen LogP contribution in [-0.4, -0.2) is 23.8 Å². The second kappa shape index (κ2) is 7.56. The molecule has 3 heteroatoms. The molecule has 0 aliphatic carbocycles. The first-order chi connectivity index (χ1) is 6.67. The summed E-state index contributed by atoms with van der Waals surface area (Å²) >= 11 is 0. The molecule has 0 aromatic heterocycles. The highest BCUT2D eigenvalue weighted by atomic mass is 16.5. The molecule has 0 spiro atoms. The normalized spacial score (nSPS) is 13.9. The molecule has 0 rings (SSSR count). The van der Waals surface area contributed by atoms with Crippen molar-refractivity contribution >= 4 is 5.97 Å². The highest BCUT2D eigenvalue weighted by molar-refractivity contribution is 5.89. The number of hydrogen-bond donors (Lipinski definition) is 1. The van der Waals surface area contributed by atoms with Crippen molar-refractivity contribution in [2.24, 2.45) is 0 Å². The fraction of sp³-hybridized carbons (Fsp3) is 0.727. The zero-order chi connectivity index (χ0) is 11.0. The molecule has 0 saturated carbocycles. The van der Waals surface area contributed by atoms with Crippen LogP contribution in [-0.2, 0) is 9.53 Å². The molecule has 3 nitrogen and oxygen atoms in total. The van der Waals surface area contributed by atoms with Gasteiger partial charge in [0, 0.05) is 0 Å². The van der Waals surface area contributed by atoms with Crippen LogP contribution in [0.25, 0.3) is 0 Å². The van der Waals surface area contributed by atoms with Crippen LogP contribution < -0.4 is 0 Å². The van der Waals surface area contributed by atoms with Gasteiger partial charge < -0.3 is 9.84 Å². The summed E-state index contributed by atoms with van der Waals surface area (Å²) in [6, 6.07) is 0. The lowest BCUT2D eigenvalue weighted by Crippen LogP contribution is -2.20. The van der Waals surface area contributed by atoms with Gasteiger partial charge in [-0.15, -0.1) is 0 Å². The smallest absolute Gasteiger partial charge is 0.336 e. The molecule has 0 saturated heterocycles. The molecule has 0 aliphatic rings. The van der Waals surface area contributed by atoms with Gasteiger partial charge in [-0.3, -0.25) is 0 Å². The molecule has 0 amide bonds. The number of carbonyl (C=O) groups is 1. The fourth-order valence-corrected chi connectivity index (χ4v) is 1.22. The minimum Gasteiger partial charge on any atom is -0.463 e. The maximum Gasteiger partial charge on any atom is 0.336 e. The summed E-state index contributed by atoms with van der Waals surface area (Å²) in [7, 11) is 0. The average Bonchev–Trinajstić information content (AvgIpc) is 2.14. The van der Waals surface area contributed by atoms with Crippen molar-refractivity contribution in [2.45, 2.75) is 46.1 Å². The third kappa shape index (κ3) is 4.42. The highest BCUT2D eigenvalue weighted by Gasteiger charge is 2.18. The van der Waals surface area contributed by atoms with Gasteiger partial charge >= 0.3 is 5.97 Å². The molecule has 0 bridgehead atoms. The van der Waals surface area contributed by atoms with Crippen molar-refractivity contribution in [1.82, 2.24) is 0 Å². The zero-order valence-corrected chi connectivity index (χ0v) is 9.25. The molecule has 0 aromatic carbocycles. The molecule has 1 N–H and O–H groups in total. The summed E-state index contributed by atoms with van der Waals surface area (Å²) in [6.07, 6.45) is 3.23. The van der Waals surface area contributed by atoms with Gasteiger partial charge in [0.1, 0.15) is 0 Å². The van der Waals surface area contributed by atoms with Gasteiger partial charge in [-0.2, -0.15) is 0 Å². The molecular formula is C11H20O3. The van der Waals surface area contributed by atoms with Gasteiger partial charge in [-0.1, -0.05) is 26.3 Å². The number of esters is 1. The Kier molecular flexibility index (Phi) is 7.11. The first kappa shape index (κ1) is 13.2. The summed E-state index contributed by atoms with van der Waals surface area (Å²) in [5, 5.41) is 9.67. The number of aliphatic hydroxyl groups is 1. The molecule has 1 unspecified atom stereocenters. The minimum atomic E-state index is -0.681. The van der Waals surface area contributed by atoms with Crippen molar-refractivity contribution in [3.05, 3.63) is 11.6 Å². The summed E-state index contributed by atoms with van der Waals surface area (Å²) in [6.45, 7) is 6.00. The number of allylic oxidation sites excluding steroid dienone is 1. The van der Waals surface area contributed by atoms with E-state index in [-0.39, 0.29) is 0 Å². The van der Waals surface area contributed by atoms with Crippen LogP contribution in [0.4, 0.5) is 0 Å². The van der Waals surface area contributed by atoms with E-state index in [1.807, 2.05) is 13.8 Å². The van der Waals surface area contributed by atoms with Crippen molar-refractivity contribution in [3.8, 4) is 0 Å². The van der Waals surface area contributed by atoms with Crippen molar-refractivity contribution in [3.63, 3.8) is 0 Å². The molecule has 0 radical (unpaired) electrons. The van der Waals surface area contributed by atoms with Crippen molar-refractivity contribution in [2.75, 3.05) is 6.61 Å². The number of carbonyl (C=O) groups excluding carboxylic acids is 1. The Labute approximate surface area is 85.8 Å². The molecule has 1 atom stereocenters. The number of aliphatic hydroxyl groups excluding tert-OH is 1. The lowest BCUT2D eigenvalue weighted by atomic mass is 10.0. The predicted octanol–water partition coefficient (Wildman–Crippen LogP) is 2.05. The third-order valence-corrected chi connectivity index (χ3v) is 1.86. The largest absolute Gasteiger partial charge is 0.463 e. The maximum atomic E-state index is 11.4. The molecule has 0 aromatic rings. The van der Waals surface area contributed by atoms with Gasteiger partial charge in [-0.25, -0.2) is 4.79 Å². The Morgan fingerprint density at radius 1 is 1.43 bits per heavy atom. The van der Waals surface area contributed by atoms with Crippen LogP contribution in [0.2, 0.25) is 0 Å². The summed E-state index contributed by atoms with van der Waals surface area (Å²) in [5.74, 6) is -0.393. The number of rotatable bonds is 6. The highest BCUT2D eigenvalue weighted by Crippen LogP contribution is 2.11. The number of ether oxygens (including phenoxy) is 1. The molecule has 82 valence electrons. The van der Waals surface area contributed by atoms with E-state index in [1.165, 1.54) is 0 Å². The Hall–Kier alpha value is -0.830. The SMILES string of the molecule is CCC=C(C(=O)OCC)C(O)CCC. The molecular weight excluding hydrogens is 180 g/mol. The van der Waals surface area contributed by atoms with Crippen molar-refractivity contribution in [1.29, 1.82) is 0 Å². The van der Waals surface area contributed by atoms with Gasteiger partial charge in [0.2, 0.25) is 0 Å². The Bertz CT molecular complexity index is 197. The van der Waals surface area contributed by atoms with E-state index in [9.17, 15) is 9.90 Å². The quantitative estimate of drug-likeness (QED) is 0.527. The second-order valence-corrected chi connectivity index (χ2v) is 3.09. The minimum absolute atomic E-state index is 0.346. The summed E-state index contributed by atoms with van der Waals surface area (Å²) in [5.41, 5.74) is 0.399. The van der Waals surface area contributed by atoms with Gasteiger partial charge in [0.05, 0.1) is 18.3 Å². The van der Waals surface area contributed by atoms with Crippen LogP contribution in [0.5, 0.6) is 0 Å². The predicted molar refractivity (Wildman–Crippen MR) is 55.9 cm³/mol. The van der Waals surface area contributed by atoms with Crippen LogP contribution in [0.3, 0.4) is 0 Å². The van der Waals surface area contributed by atoms with E-state index in [0.717, 1.165) is 12.8 Å². The van der Waals surface area contributed by atoms with Crippen LogP contribution in [0.1, 0.15) is 40.0 Å². The lowest BCUT2D eigenvalue weighted by molar-refractivity contribution is -0.139. The number of hydrogen-bond acceptors (Lipinski definition) is 3. The van der Waals surface area contributed by atoms with E-state index < -0.39 is 12.1 Å². The Balaban J connectivity index is 4.42. The van der Waals surface area contributed by atoms with E-state index in [1.54, 1.807) is 13.0 Å². The van der Waals surface area contributed by atoms with E-state index in [2.05, 4.69) is 0 Å². The van der Waals surface area contributed by atoms with Crippen LogP contribution in [0.15, 0.2) is 11.6 Å². The van der Waals surface area contributed by atoms with Crippen LogP contribution >= 0.6 is 0 Å². The molecule has 0 fully saturated rings. The maximum absolute atomic E-state index is 11.4. The standard InChI is InChI=1S/C11H20O3/c1-4-7-9(10(12)8-5-2)11(13)14-6-3/h7,10,12H,4-6,8H2,1-3H3. The molecule has 0 aliphatic heterocycles. The van der Waals surface area contributed by atoms with E-state index >= 15 is 0 Å². The summed E-state index contributed by atoms with van der Waals surface area (Å²) in [4.78, 5) is 11.4. The average molecular weight is 200 g/mol. The van der Waals surface area contributed by atoms with E-state index in [4.69, 9.17) is 4.74 Å². The Morgan fingerprint density at radius 2 is 2.07 bits per heavy atom. The van der Waals surface area contributed by atoms with Gasteiger partial charge in [-0.05, 0) is 19.8 Å². The van der Waals surface area contributed by atoms with Crippen molar-refractivity contribution < 1.29 is 14.6 Å². The van der Waals surface area contributed by atoms with Gasteiger partial charge in [0.15, 0.2) is 0 Å². The zero-order valence-electron chi connectivity index (χ0n) is 9.25. The van der Waals surface area contributed by atoms with Gasteiger partial charge in [0.25, 0.3) is 0 Å².